The van der Waals surface area contributed by atoms with Crippen molar-refractivity contribution in [1.82, 2.24) is 9.62 Å². The Hall–Kier alpha value is -2.13. The van der Waals surface area contributed by atoms with Gasteiger partial charge in [-0.05, 0) is 63.4 Å². The van der Waals surface area contributed by atoms with Crippen molar-refractivity contribution in [2.45, 2.75) is 57.1 Å². The summed E-state index contributed by atoms with van der Waals surface area (Å²) in [6.45, 7) is 6.72. The molecule has 1 unspecified atom stereocenters. The molecule has 1 aliphatic rings. The Morgan fingerprint density at radius 1 is 1.09 bits per heavy atom. The van der Waals surface area contributed by atoms with Crippen molar-refractivity contribution in [1.29, 1.82) is 0 Å². The fraction of sp³-hybridized carbons (Fsp3) is 0.458. The summed E-state index contributed by atoms with van der Waals surface area (Å²) in [5.74, 6) is 0.116. The first-order valence-electron chi connectivity index (χ1n) is 11.3. The summed E-state index contributed by atoms with van der Waals surface area (Å²) in [4.78, 5) is 12.9. The fourth-order valence-corrected chi connectivity index (χ4v) is 5.60. The summed E-state index contributed by atoms with van der Waals surface area (Å²) < 4.78 is 33.5. The molecule has 0 saturated carbocycles. The molecule has 9 heteroatoms. The second-order valence-electron chi connectivity index (χ2n) is 8.46. The number of carbonyl (C=O) groups is 1. The lowest BCUT2D eigenvalue weighted by Crippen LogP contribution is -2.35. The van der Waals surface area contributed by atoms with Crippen LogP contribution in [0.5, 0.6) is 5.75 Å². The smallest absolute Gasteiger partial charge is 0.243 e. The van der Waals surface area contributed by atoms with Crippen LogP contribution in [0.3, 0.4) is 0 Å². The van der Waals surface area contributed by atoms with Crippen LogP contribution in [0.1, 0.15) is 51.6 Å². The molecule has 3 rings (SSSR count). The number of rotatable bonds is 9. The summed E-state index contributed by atoms with van der Waals surface area (Å²) in [7, 11) is -3.64. The quantitative estimate of drug-likeness (QED) is 0.533. The monoisotopic (exact) mass is 493 g/mol. The number of amides is 1. The van der Waals surface area contributed by atoms with Crippen molar-refractivity contribution in [2.24, 2.45) is 0 Å². The number of halogens is 1. The molecule has 2 N–H and O–H groups in total. The summed E-state index contributed by atoms with van der Waals surface area (Å²) in [6, 6.07) is 11.9. The van der Waals surface area contributed by atoms with Crippen LogP contribution in [-0.2, 0) is 14.8 Å². The van der Waals surface area contributed by atoms with Gasteiger partial charge < -0.3 is 15.4 Å². The molecule has 1 aliphatic heterocycles. The third-order valence-electron chi connectivity index (χ3n) is 5.48. The van der Waals surface area contributed by atoms with Crippen molar-refractivity contribution in [3.63, 3.8) is 0 Å². The van der Waals surface area contributed by atoms with Crippen LogP contribution in [0.15, 0.2) is 47.4 Å². The molecule has 0 aromatic heterocycles. The van der Waals surface area contributed by atoms with Crippen LogP contribution >= 0.6 is 11.6 Å². The Morgan fingerprint density at radius 3 is 2.45 bits per heavy atom. The summed E-state index contributed by atoms with van der Waals surface area (Å²) in [5.41, 5.74) is 1.23. The maximum absolute atomic E-state index is 13.1. The van der Waals surface area contributed by atoms with Gasteiger partial charge in [0.05, 0.1) is 23.2 Å². The van der Waals surface area contributed by atoms with Gasteiger partial charge in [-0.3, -0.25) is 4.79 Å². The zero-order valence-corrected chi connectivity index (χ0v) is 20.9. The zero-order chi connectivity index (χ0) is 24.0. The van der Waals surface area contributed by atoms with E-state index < -0.39 is 10.0 Å². The van der Waals surface area contributed by atoms with E-state index in [2.05, 4.69) is 10.6 Å². The molecule has 0 bridgehead atoms. The molecule has 180 valence electrons. The van der Waals surface area contributed by atoms with Crippen LogP contribution < -0.4 is 15.4 Å². The molecule has 1 fully saturated rings. The number of benzene rings is 2. The lowest BCUT2D eigenvalue weighted by molar-refractivity contribution is -0.115. The van der Waals surface area contributed by atoms with Gasteiger partial charge in [-0.1, -0.05) is 36.2 Å². The highest BCUT2D eigenvalue weighted by Crippen LogP contribution is 2.31. The Bertz CT molecular complexity index is 1070. The number of hydrogen-bond acceptors (Lipinski definition) is 5. The maximum Gasteiger partial charge on any atom is 0.243 e. The average molecular weight is 494 g/mol. The molecule has 1 amide bonds. The van der Waals surface area contributed by atoms with Gasteiger partial charge in [0.15, 0.2) is 0 Å². The molecule has 2 aromatic carbocycles. The van der Waals surface area contributed by atoms with E-state index in [9.17, 15) is 13.2 Å². The molecule has 33 heavy (non-hydrogen) atoms. The predicted octanol–water partition coefficient (Wildman–Crippen LogP) is 4.59. The van der Waals surface area contributed by atoms with Gasteiger partial charge in [0.1, 0.15) is 5.75 Å². The lowest BCUT2D eigenvalue weighted by atomic mass is 10.1. The highest BCUT2D eigenvalue weighted by Gasteiger charge is 2.27. The van der Waals surface area contributed by atoms with E-state index in [0.29, 0.717) is 29.5 Å². The van der Waals surface area contributed by atoms with Gasteiger partial charge in [0.2, 0.25) is 15.9 Å². The first kappa shape index (κ1) is 25.5. The molecular formula is C24H32ClN3O4S. The molecule has 1 atom stereocenters. The van der Waals surface area contributed by atoms with E-state index in [1.165, 1.54) is 16.4 Å². The van der Waals surface area contributed by atoms with Crippen LogP contribution in [0.2, 0.25) is 5.02 Å². The highest BCUT2D eigenvalue weighted by molar-refractivity contribution is 7.89. The molecule has 2 aromatic rings. The first-order valence-corrected chi connectivity index (χ1v) is 13.1. The molecule has 1 saturated heterocycles. The lowest BCUT2D eigenvalue weighted by Gasteiger charge is -2.26. The van der Waals surface area contributed by atoms with E-state index in [1.807, 2.05) is 39.0 Å². The zero-order valence-electron chi connectivity index (χ0n) is 19.3. The minimum absolute atomic E-state index is 0.0244. The molecule has 0 aliphatic carbocycles. The second-order valence-corrected chi connectivity index (χ2v) is 10.8. The standard InChI is InChI=1S/C24H32ClN3O4S/c1-17(2)32-23-12-11-19(33(30,31)28-13-7-4-8-14-28)15-22(23)27-24(29)16-26-18(3)20-9-5-6-10-21(20)25/h5-6,9-12,15,17-18,26H,4,7-8,13-14,16H2,1-3H3,(H,27,29). The van der Waals surface area contributed by atoms with E-state index >= 15 is 0 Å². The number of hydrogen-bond donors (Lipinski definition) is 2. The Labute approximate surface area is 201 Å². The number of nitrogens with one attached hydrogen (secondary N) is 2. The number of nitrogens with zero attached hydrogens (tertiary/aromatic N) is 1. The normalized spacial score (nSPS) is 15.9. The Morgan fingerprint density at radius 2 is 1.79 bits per heavy atom. The Kier molecular flexibility index (Phi) is 8.75. The third kappa shape index (κ3) is 6.69. The summed E-state index contributed by atoms with van der Waals surface area (Å²) in [6.07, 6.45) is 2.61. The van der Waals surface area contributed by atoms with Crippen LogP contribution in [0, 0.1) is 0 Å². The van der Waals surface area contributed by atoms with E-state index in [-0.39, 0.29) is 29.5 Å². The van der Waals surface area contributed by atoms with Crippen molar-refractivity contribution in [3.8, 4) is 5.75 Å². The average Bonchev–Trinajstić information content (AvgIpc) is 2.79. The highest BCUT2D eigenvalue weighted by atomic mass is 35.5. The molecule has 0 spiro atoms. The van der Waals surface area contributed by atoms with E-state index in [0.717, 1.165) is 24.8 Å². The number of piperidine rings is 1. The van der Waals surface area contributed by atoms with Gasteiger partial charge in [0.25, 0.3) is 0 Å². The SMILES string of the molecule is CC(C)Oc1ccc(S(=O)(=O)N2CCCCC2)cc1NC(=O)CNC(C)c1ccccc1Cl. The third-order valence-corrected chi connectivity index (χ3v) is 7.72. The second kappa shape index (κ2) is 11.3. The molecule has 7 nitrogen and oxygen atoms in total. The first-order chi connectivity index (χ1) is 15.7. The van der Waals surface area contributed by atoms with Crippen LogP contribution in [0.4, 0.5) is 5.69 Å². The topological polar surface area (TPSA) is 87.7 Å². The fourth-order valence-electron chi connectivity index (χ4n) is 3.75. The van der Waals surface area contributed by atoms with Crippen molar-refractivity contribution in [2.75, 3.05) is 25.0 Å². The Balaban J connectivity index is 1.76. The van der Waals surface area contributed by atoms with Gasteiger partial charge in [0, 0.05) is 24.2 Å². The minimum atomic E-state index is -3.64. The largest absolute Gasteiger partial charge is 0.489 e. The van der Waals surface area contributed by atoms with Crippen LogP contribution in [-0.4, -0.2) is 44.4 Å². The van der Waals surface area contributed by atoms with Gasteiger partial charge in [-0.15, -0.1) is 0 Å². The number of carbonyl (C=O) groups excluding carboxylic acids is 1. The minimum Gasteiger partial charge on any atom is -0.489 e. The molecule has 1 heterocycles. The maximum atomic E-state index is 13.1. The number of ether oxygens (including phenoxy) is 1. The number of sulfonamides is 1. The van der Waals surface area contributed by atoms with Crippen molar-refractivity contribution < 1.29 is 17.9 Å². The molecule has 0 radical (unpaired) electrons. The molecular weight excluding hydrogens is 462 g/mol. The van der Waals surface area contributed by atoms with Gasteiger partial charge in [-0.25, -0.2) is 8.42 Å². The van der Waals surface area contributed by atoms with Gasteiger partial charge >= 0.3 is 0 Å². The van der Waals surface area contributed by atoms with Crippen LogP contribution in [0.25, 0.3) is 0 Å². The van der Waals surface area contributed by atoms with E-state index in [1.54, 1.807) is 12.1 Å². The summed E-state index contributed by atoms with van der Waals surface area (Å²) >= 11 is 6.24. The summed E-state index contributed by atoms with van der Waals surface area (Å²) in [5, 5.41) is 6.59. The van der Waals surface area contributed by atoms with Crippen molar-refractivity contribution in [3.05, 3.63) is 53.1 Å². The van der Waals surface area contributed by atoms with E-state index in [4.69, 9.17) is 16.3 Å². The van der Waals surface area contributed by atoms with Gasteiger partial charge in [-0.2, -0.15) is 4.31 Å². The predicted molar refractivity (Wildman–Crippen MR) is 131 cm³/mol. The number of anilines is 1. The van der Waals surface area contributed by atoms with Crippen molar-refractivity contribution >= 4 is 33.2 Å².